The van der Waals surface area contributed by atoms with Crippen molar-refractivity contribution >= 4 is 17.2 Å². The summed E-state index contributed by atoms with van der Waals surface area (Å²) in [5, 5.41) is 0.284. The Morgan fingerprint density at radius 1 is 1.07 bits per heavy atom. The first kappa shape index (κ1) is 9.47. The predicted octanol–water partition coefficient (Wildman–Crippen LogP) is 4.10. The molecule has 0 saturated heterocycles. The molecule has 1 aromatic rings. The molecule has 0 unspecified atom stereocenters. The molecule has 0 spiro atoms. The molecule has 0 nitrogen and oxygen atoms in total. The average Bonchev–Trinajstić information content (AvgIpc) is 2.23. The molecule has 0 saturated carbocycles. The zero-order valence-corrected chi connectivity index (χ0v) is 8.26. The molecule has 1 aliphatic rings. The molecule has 71 valence electrons. The second kappa shape index (κ2) is 3.97. The topological polar surface area (TPSA) is 0 Å². The lowest BCUT2D eigenvalue weighted by Gasteiger charge is -2.14. The Kier molecular flexibility index (Phi) is 2.69. The van der Waals surface area contributed by atoms with Crippen LogP contribution in [0.5, 0.6) is 0 Å². The lowest BCUT2D eigenvalue weighted by Crippen LogP contribution is -1.97. The van der Waals surface area contributed by atoms with E-state index in [9.17, 15) is 4.39 Å². The third kappa shape index (κ3) is 1.88. The van der Waals surface area contributed by atoms with E-state index in [0.29, 0.717) is 6.42 Å². The molecule has 0 aromatic heterocycles. The Morgan fingerprint density at radius 3 is 2.43 bits per heavy atom. The predicted molar refractivity (Wildman–Crippen MR) is 57.3 cm³/mol. The molecule has 0 amide bonds. The molecule has 1 aromatic carbocycles. The van der Waals surface area contributed by atoms with Crippen LogP contribution in [-0.4, -0.2) is 0 Å². The maximum atomic E-state index is 12.9. The molecule has 0 fully saturated rings. The van der Waals surface area contributed by atoms with E-state index < -0.39 is 0 Å². The van der Waals surface area contributed by atoms with Gasteiger partial charge in [0.25, 0.3) is 0 Å². The Bertz CT molecular complexity index is 379. The summed E-state index contributed by atoms with van der Waals surface area (Å²) in [6, 6.07) is 9.85. The zero-order valence-electron chi connectivity index (χ0n) is 7.50. The van der Waals surface area contributed by atoms with Gasteiger partial charge in [-0.1, -0.05) is 36.4 Å². The minimum absolute atomic E-state index is 0.284. The molecule has 0 aliphatic heterocycles. The van der Waals surface area contributed by atoms with Crippen molar-refractivity contribution in [2.75, 3.05) is 0 Å². The van der Waals surface area contributed by atoms with E-state index in [2.05, 4.69) is 0 Å². The minimum atomic E-state index is -0.327. The summed E-state index contributed by atoms with van der Waals surface area (Å²) in [4.78, 5) is 0. The fourth-order valence-corrected chi connectivity index (χ4v) is 1.63. The van der Waals surface area contributed by atoms with Gasteiger partial charge in [-0.15, -0.1) is 11.6 Å². The second-order valence-corrected chi connectivity index (χ2v) is 3.61. The van der Waals surface area contributed by atoms with Crippen LogP contribution >= 0.6 is 11.6 Å². The Balaban J connectivity index is 2.30. The van der Waals surface area contributed by atoms with Crippen molar-refractivity contribution < 1.29 is 4.39 Å². The van der Waals surface area contributed by atoms with Gasteiger partial charge in [0.2, 0.25) is 0 Å². The highest BCUT2D eigenvalue weighted by Gasteiger charge is 2.18. The SMILES string of the molecule is FC1=CC=C(c2ccccc2)C[C]1Cl. The highest BCUT2D eigenvalue weighted by molar-refractivity contribution is 6.29. The van der Waals surface area contributed by atoms with Gasteiger partial charge in [0.05, 0.1) is 0 Å². The quantitative estimate of drug-likeness (QED) is 0.651. The van der Waals surface area contributed by atoms with Gasteiger partial charge in [-0.3, -0.25) is 0 Å². The van der Waals surface area contributed by atoms with Gasteiger partial charge in [-0.05, 0) is 17.2 Å². The number of allylic oxidation sites excluding steroid dienone is 4. The molecule has 2 rings (SSSR count). The van der Waals surface area contributed by atoms with Crippen LogP contribution in [0.1, 0.15) is 12.0 Å². The lowest BCUT2D eigenvalue weighted by atomic mass is 9.97. The van der Waals surface area contributed by atoms with E-state index in [0.717, 1.165) is 11.1 Å². The monoisotopic (exact) mass is 207 g/mol. The first-order chi connectivity index (χ1) is 6.77. The summed E-state index contributed by atoms with van der Waals surface area (Å²) in [6.45, 7) is 0. The highest BCUT2D eigenvalue weighted by Crippen LogP contribution is 2.35. The number of rotatable bonds is 1. The molecule has 0 bridgehead atoms. The van der Waals surface area contributed by atoms with Crippen LogP contribution in [0.3, 0.4) is 0 Å². The van der Waals surface area contributed by atoms with Crippen molar-refractivity contribution in [2.24, 2.45) is 0 Å². The van der Waals surface area contributed by atoms with Crippen molar-refractivity contribution in [3.63, 3.8) is 0 Å². The van der Waals surface area contributed by atoms with Gasteiger partial charge in [0.15, 0.2) is 0 Å². The molecule has 2 heteroatoms. The Hall–Kier alpha value is -1.08. The zero-order chi connectivity index (χ0) is 9.97. The van der Waals surface area contributed by atoms with Gasteiger partial charge < -0.3 is 0 Å². The molecule has 0 heterocycles. The maximum Gasteiger partial charge on any atom is 0.126 e. The van der Waals surface area contributed by atoms with Crippen LogP contribution < -0.4 is 0 Å². The van der Waals surface area contributed by atoms with Crippen LogP contribution in [0.15, 0.2) is 48.3 Å². The van der Waals surface area contributed by atoms with Gasteiger partial charge in [-0.25, -0.2) is 4.39 Å². The fraction of sp³-hybridized carbons (Fsp3) is 0.0833. The second-order valence-electron chi connectivity index (χ2n) is 3.15. The summed E-state index contributed by atoms with van der Waals surface area (Å²) in [5.41, 5.74) is 2.14. The standard InChI is InChI=1S/C12H9ClF/c13-11-8-10(6-7-12(11)14)9-4-2-1-3-5-9/h1-7H,8H2. The van der Waals surface area contributed by atoms with E-state index in [1.54, 1.807) is 6.08 Å². The Morgan fingerprint density at radius 2 is 1.79 bits per heavy atom. The van der Waals surface area contributed by atoms with E-state index in [-0.39, 0.29) is 11.2 Å². The molecule has 0 N–H and O–H groups in total. The van der Waals surface area contributed by atoms with E-state index in [1.807, 2.05) is 30.3 Å². The minimum Gasteiger partial charge on any atom is -0.210 e. The van der Waals surface area contributed by atoms with Crippen molar-refractivity contribution in [2.45, 2.75) is 6.42 Å². The van der Waals surface area contributed by atoms with E-state index in [4.69, 9.17) is 11.6 Å². The lowest BCUT2D eigenvalue weighted by molar-refractivity contribution is 0.632. The molecular weight excluding hydrogens is 199 g/mol. The summed E-state index contributed by atoms with van der Waals surface area (Å²) >= 11 is 5.74. The van der Waals surface area contributed by atoms with Gasteiger partial charge in [-0.2, -0.15) is 0 Å². The molecule has 14 heavy (non-hydrogen) atoms. The number of halogens is 2. The van der Waals surface area contributed by atoms with Gasteiger partial charge in [0, 0.05) is 6.42 Å². The van der Waals surface area contributed by atoms with Crippen LogP contribution in [0.4, 0.5) is 4.39 Å². The van der Waals surface area contributed by atoms with Crippen LogP contribution in [0, 0.1) is 5.38 Å². The van der Waals surface area contributed by atoms with Crippen LogP contribution in [0.2, 0.25) is 0 Å². The first-order valence-electron chi connectivity index (χ1n) is 4.41. The number of hydrogen-bond acceptors (Lipinski definition) is 0. The number of benzene rings is 1. The normalized spacial score (nSPS) is 17.6. The molecule has 1 aliphatic carbocycles. The van der Waals surface area contributed by atoms with Crippen LogP contribution in [-0.2, 0) is 0 Å². The third-order valence-electron chi connectivity index (χ3n) is 2.18. The molecular formula is C12H9ClF. The summed E-state index contributed by atoms with van der Waals surface area (Å²) in [7, 11) is 0. The summed E-state index contributed by atoms with van der Waals surface area (Å²) in [5.74, 6) is -0.327. The first-order valence-corrected chi connectivity index (χ1v) is 4.78. The van der Waals surface area contributed by atoms with Crippen molar-refractivity contribution in [3.05, 3.63) is 59.3 Å². The smallest absolute Gasteiger partial charge is 0.126 e. The van der Waals surface area contributed by atoms with E-state index in [1.165, 1.54) is 6.08 Å². The van der Waals surface area contributed by atoms with Crippen molar-refractivity contribution in [1.29, 1.82) is 0 Å². The highest BCUT2D eigenvalue weighted by atomic mass is 35.5. The molecule has 1 radical (unpaired) electrons. The number of hydrogen-bond donors (Lipinski definition) is 0. The van der Waals surface area contributed by atoms with Crippen LogP contribution in [0.25, 0.3) is 5.57 Å². The molecule has 0 atom stereocenters. The summed E-state index contributed by atoms with van der Waals surface area (Å²) in [6.07, 6.45) is 3.67. The van der Waals surface area contributed by atoms with Crippen molar-refractivity contribution in [1.82, 2.24) is 0 Å². The van der Waals surface area contributed by atoms with Gasteiger partial charge in [0.1, 0.15) is 11.2 Å². The maximum absolute atomic E-state index is 12.9. The summed E-state index contributed by atoms with van der Waals surface area (Å²) < 4.78 is 12.9. The fourth-order valence-electron chi connectivity index (χ4n) is 1.43. The Labute approximate surface area is 87.7 Å². The third-order valence-corrected chi connectivity index (χ3v) is 2.49. The van der Waals surface area contributed by atoms with E-state index >= 15 is 0 Å². The largest absolute Gasteiger partial charge is 0.210 e. The van der Waals surface area contributed by atoms with Gasteiger partial charge >= 0.3 is 0 Å². The average molecular weight is 208 g/mol. The van der Waals surface area contributed by atoms with Crippen molar-refractivity contribution in [3.8, 4) is 0 Å².